The number of aromatic amines is 2. The summed E-state index contributed by atoms with van der Waals surface area (Å²) >= 11 is 0. The lowest BCUT2D eigenvalue weighted by atomic mass is 9.87. The first-order valence-electron chi connectivity index (χ1n) is 18.3. The van der Waals surface area contributed by atoms with Gasteiger partial charge in [-0.05, 0) is 70.8 Å². The van der Waals surface area contributed by atoms with E-state index in [0.717, 1.165) is 12.1 Å². The number of imidazole rings is 2. The second-order valence-corrected chi connectivity index (χ2v) is 14.8. The predicted molar refractivity (Wildman–Crippen MR) is 210 cm³/mol. The molecule has 318 valence electrons. The van der Waals surface area contributed by atoms with Gasteiger partial charge in [-0.15, -0.1) is 0 Å². The molecule has 6 aromatic carbocycles. The molecule has 20 heteroatoms. The largest absolute Gasteiger partial charge is 0.418 e. The summed E-state index contributed by atoms with van der Waals surface area (Å²) in [7, 11) is 0. The highest BCUT2D eigenvalue weighted by molar-refractivity contribution is 6.33. The molecule has 0 saturated carbocycles. The Labute approximate surface area is 345 Å². The normalized spacial score (nSPS) is 13.1. The van der Waals surface area contributed by atoms with Crippen molar-refractivity contribution in [1.82, 2.24) is 18.8 Å². The smallest absolute Gasteiger partial charge is 0.339 e. The molecule has 0 fully saturated rings. The Bertz CT molecular complexity index is 3640. The van der Waals surface area contributed by atoms with Gasteiger partial charge in [0.1, 0.15) is 11.3 Å². The molecule has 8 nitrogen and oxygen atoms in total. The van der Waals surface area contributed by atoms with Crippen molar-refractivity contribution in [2.24, 2.45) is 0 Å². The number of fused-ring (bicyclic) bond motifs is 8. The zero-order valence-corrected chi connectivity index (χ0v) is 31.2. The Morgan fingerprint density at radius 2 is 0.922 bits per heavy atom. The van der Waals surface area contributed by atoms with Crippen LogP contribution in [-0.2, 0) is 24.7 Å². The summed E-state index contributed by atoms with van der Waals surface area (Å²) in [5.74, 6) is 0. The summed E-state index contributed by atoms with van der Waals surface area (Å²) in [6.45, 7) is 7.42. The minimum Gasteiger partial charge on any atom is -0.339 e. The van der Waals surface area contributed by atoms with Crippen LogP contribution in [0.25, 0.3) is 92.8 Å². The topological polar surface area (TPSA) is 103 Å². The van der Waals surface area contributed by atoms with Crippen LogP contribution in [-0.4, -0.2) is 18.8 Å². The molecule has 0 aliphatic carbocycles. The Kier molecular flexibility index (Phi) is 8.01. The number of pyridine rings is 2. The Balaban J connectivity index is 1.54. The van der Waals surface area contributed by atoms with Gasteiger partial charge in [-0.2, -0.15) is 57.9 Å². The van der Waals surface area contributed by atoms with Crippen molar-refractivity contribution < 1.29 is 52.7 Å². The quantitative estimate of drug-likeness (QED) is 0.103. The molecule has 0 spiro atoms. The Morgan fingerprint density at radius 3 is 1.27 bits per heavy atom. The van der Waals surface area contributed by atoms with E-state index in [1.807, 2.05) is 6.07 Å². The maximum absolute atomic E-state index is 15.0. The molecule has 10 rings (SSSR count). The van der Waals surface area contributed by atoms with Crippen molar-refractivity contribution in [3.63, 3.8) is 0 Å². The van der Waals surface area contributed by atoms with Gasteiger partial charge in [0, 0.05) is 32.3 Å². The fraction of sp³-hybridized carbons (Fsp3) is 0.0909. The molecule has 0 bridgehead atoms. The van der Waals surface area contributed by atoms with E-state index in [2.05, 4.69) is 14.8 Å². The van der Waals surface area contributed by atoms with Gasteiger partial charge >= 0.3 is 24.7 Å². The van der Waals surface area contributed by atoms with E-state index in [0.29, 0.717) is 20.9 Å². The molecule has 10 aromatic rings. The van der Waals surface area contributed by atoms with Crippen molar-refractivity contribution in [1.29, 1.82) is 5.26 Å². The van der Waals surface area contributed by atoms with Gasteiger partial charge in [-0.3, -0.25) is 18.4 Å². The molecule has 64 heavy (non-hydrogen) atoms. The standard InChI is InChI=1S/C44H16F12N6O2/c1-58-22-8-6-19(7-9-22)24-15-26-31-32-25(39(63)62-30-13-21(42(48,49)50)11-28(44(54,55)56)36(30)60-38(62)34(24)32)14-23(18-4-2-17(16-57)3-5-18)33(31)37-59-35-27(43(51,52)53)10-20(41(45,46)47)12-29(35)61(37)40(26)64/h2-15,59-60H. The van der Waals surface area contributed by atoms with E-state index < -0.39 is 102 Å². The average molecular weight is 889 g/mol. The number of aromatic nitrogens is 4. The van der Waals surface area contributed by atoms with Crippen LogP contribution in [0.2, 0.25) is 0 Å². The molecule has 4 aromatic heterocycles. The average Bonchev–Trinajstić information content (AvgIpc) is 3.82. The Morgan fingerprint density at radius 1 is 0.531 bits per heavy atom. The lowest BCUT2D eigenvalue weighted by Gasteiger charge is -2.19. The summed E-state index contributed by atoms with van der Waals surface area (Å²) in [5, 5.41) is 7.96. The van der Waals surface area contributed by atoms with E-state index in [9.17, 15) is 67.5 Å². The second kappa shape index (κ2) is 12.8. The van der Waals surface area contributed by atoms with E-state index in [4.69, 9.17) is 6.57 Å². The maximum atomic E-state index is 15.0. The summed E-state index contributed by atoms with van der Waals surface area (Å²) in [5.41, 5.74) is -13.8. The number of hydrogen-bond donors (Lipinski definition) is 2. The van der Waals surface area contributed by atoms with Gasteiger partial charge in [0.05, 0.1) is 62.5 Å². The number of nitrogens with one attached hydrogen (secondary N) is 2. The van der Waals surface area contributed by atoms with Crippen molar-refractivity contribution in [2.75, 3.05) is 0 Å². The molecule has 0 saturated heterocycles. The van der Waals surface area contributed by atoms with Crippen LogP contribution < -0.4 is 11.1 Å². The molecule has 0 aliphatic heterocycles. The number of alkyl halides is 12. The van der Waals surface area contributed by atoms with Crippen molar-refractivity contribution in [3.05, 3.63) is 145 Å². The Hall–Kier alpha value is -8.00. The second-order valence-electron chi connectivity index (χ2n) is 14.8. The van der Waals surface area contributed by atoms with Crippen LogP contribution >= 0.6 is 0 Å². The highest BCUT2D eigenvalue weighted by Crippen LogP contribution is 2.48. The van der Waals surface area contributed by atoms with E-state index >= 15 is 0 Å². The van der Waals surface area contributed by atoms with Crippen molar-refractivity contribution in [3.8, 4) is 28.3 Å². The summed E-state index contributed by atoms with van der Waals surface area (Å²) in [6, 6.07) is 15.4. The van der Waals surface area contributed by atoms with E-state index in [1.165, 1.54) is 48.5 Å². The molecule has 2 N–H and O–H groups in total. The van der Waals surface area contributed by atoms with E-state index in [1.54, 1.807) is 0 Å². The number of benzene rings is 6. The van der Waals surface area contributed by atoms with Crippen LogP contribution in [0.3, 0.4) is 0 Å². The third-order valence-electron chi connectivity index (χ3n) is 11.3. The summed E-state index contributed by atoms with van der Waals surface area (Å²) < 4.78 is 175. The zero-order chi connectivity index (χ0) is 45.7. The molecule has 4 heterocycles. The van der Waals surface area contributed by atoms with Crippen molar-refractivity contribution in [2.45, 2.75) is 24.7 Å². The van der Waals surface area contributed by atoms with Gasteiger partial charge in [-0.25, -0.2) is 4.85 Å². The van der Waals surface area contributed by atoms with Crippen LogP contribution in [0, 0.1) is 17.9 Å². The zero-order valence-electron chi connectivity index (χ0n) is 31.2. The van der Waals surface area contributed by atoms with Gasteiger partial charge in [0.15, 0.2) is 5.69 Å². The lowest BCUT2D eigenvalue weighted by molar-refractivity contribution is -0.143. The summed E-state index contributed by atoms with van der Waals surface area (Å²) in [6.07, 6.45) is -21.5. The number of halogens is 12. The molecule has 0 unspecified atom stereocenters. The first-order chi connectivity index (χ1) is 30.0. The number of H-pyrrole nitrogens is 2. The molecular formula is C44H16F12N6O2. The maximum Gasteiger partial charge on any atom is 0.418 e. The number of hydrogen-bond acceptors (Lipinski definition) is 3. The third kappa shape index (κ3) is 5.64. The number of nitriles is 1. The van der Waals surface area contributed by atoms with Crippen LogP contribution in [0.5, 0.6) is 0 Å². The van der Waals surface area contributed by atoms with Crippen LogP contribution in [0.4, 0.5) is 58.4 Å². The molecule has 0 amide bonds. The fourth-order valence-electron chi connectivity index (χ4n) is 8.60. The fourth-order valence-corrected chi connectivity index (χ4v) is 8.60. The number of rotatable bonds is 2. The monoisotopic (exact) mass is 888 g/mol. The lowest BCUT2D eigenvalue weighted by Crippen LogP contribution is -2.18. The van der Waals surface area contributed by atoms with Crippen LogP contribution in [0.1, 0.15) is 27.8 Å². The SMILES string of the molecule is [C-]#[N+]c1ccc(-c2cc3c(=O)n4c5cc(C(F)(F)F)cc(C(F)(F)F)c5[nH]c4c4c(-c5ccc(C#N)cc5)cc5c(=O)n6c7cc(C(F)(F)F)cc(C(F)(F)F)c7[nH]c6c2c5c34)cc1. The molecule has 0 atom stereocenters. The molecule has 0 aliphatic rings. The van der Waals surface area contributed by atoms with Gasteiger partial charge in [0.2, 0.25) is 0 Å². The van der Waals surface area contributed by atoms with E-state index in [-0.39, 0.29) is 67.2 Å². The van der Waals surface area contributed by atoms with Gasteiger partial charge < -0.3 is 9.97 Å². The van der Waals surface area contributed by atoms with Gasteiger partial charge in [0.25, 0.3) is 11.1 Å². The first kappa shape index (κ1) is 40.1. The molecule has 0 radical (unpaired) electrons. The molecular weight excluding hydrogens is 872 g/mol. The third-order valence-corrected chi connectivity index (χ3v) is 11.3. The summed E-state index contributed by atoms with van der Waals surface area (Å²) in [4.78, 5) is 38.3. The van der Waals surface area contributed by atoms with Crippen molar-refractivity contribution >= 4 is 71.4 Å². The minimum atomic E-state index is -5.42. The highest BCUT2D eigenvalue weighted by atomic mass is 19.4. The highest BCUT2D eigenvalue weighted by Gasteiger charge is 2.41. The van der Waals surface area contributed by atoms with Gasteiger partial charge in [-0.1, -0.05) is 36.4 Å². The van der Waals surface area contributed by atoms with Crippen LogP contribution in [0.15, 0.2) is 94.5 Å². The predicted octanol–water partition coefficient (Wildman–Crippen LogP) is 12.6. The number of nitrogens with zero attached hydrogens (tertiary/aromatic N) is 4. The minimum absolute atomic E-state index is 0.0843. The first-order valence-corrected chi connectivity index (χ1v) is 18.3.